The third-order valence-corrected chi connectivity index (χ3v) is 12.3. The fourth-order valence-corrected chi connectivity index (χ4v) is 9.05. The van der Waals surface area contributed by atoms with E-state index >= 15 is 0 Å². The molecule has 3 aromatic carbocycles. The number of nitrogens with zero attached hydrogens (tertiary/aromatic N) is 1. The Morgan fingerprint density at radius 1 is 0.646 bits per heavy atom. The standard InChI is InChI=1S/C29H44N2O6S.C22H38N2O3/c1-8-18-29(5,6)21-31(38(34,35)24-16-14-23(36-7)15-17-24)20-26(32)25(19-22-12-10-9-11-13-22)30-27(33)37-28(2,3)4;1-7-13-22(5,6)16-23-15-19(25)18(14-17-11-9-8-10-12-17)24-20(26)27-21(2,3)4/h9-17,25-26,32H,8,18-21H2,1-7H3,(H,30,33);8-12,18-19,23,25H,7,13-16H2,1-6H3,(H,24,26)/t25-,26+;18-,19+/m00/s1. The average molecular weight is 927 g/mol. The molecule has 0 aliphatic rings. The van der Waals surface area contributed by atoms with Crippen LogP contribution in [0.1, 0.15) is 120 Å². The molecule has 4 atom stereocenters. The van der Waals surface area contributed by atoms with Crippen LogP contribution in [0.2, 0.25) is 0 Å². The van der Waals surface area contributed by atoms with Crippen molar-refractivity contribution < 1.29 is 42.4 Å². The molecule has 2 amide bonds. The Bertz CT molecular complexity index is 1930. The lowest BCUT2D eigenvalue weighted by molar-refractivity contribution is 0.0390. The van der Waals surface area contributed by atoms with Crippen LogP contribution in [0.3, 0.4) is 0 Å². The fourth-order valence-electron chi connectivity index (χ4n) is 7.40. The summed E-state index contributed by atoms with van der Waals surface area (Å²) in [5.74, 6) is 0.548. The van der Waals surface area contributed by atoms with E-state index in [0.717, 1.165) is 43.4 Å². The molecular weight excluding hydrogens is 845 g/mol. The zero-order chi connectivity index (χ0) is 49.1. The third-order valence-electron chi connectivity index (χ3n) is 10.4. The molecule has 366 valence electrons. The van der Waals surface area contributed by atoms with Crippen molar-refractivity contribution in [3.05, 3.63) is 96.1 Å². The number of alkyl carbamates (subject to hydrolysis) is 2. The van der Waals surface area contributed by atoms with Crippen LogP contribution in [0, 0.1) is 10.8 Å². The summed E-state index contributed by atoms with van der Waals surface area (Å²) in [5.41, 5.74) is 0.505. The highest BCUT2D eigenvalue weighted by Crippen LogP contribution is 2.29. The molecule has 0 saturated carbocycles. The zero-order valence-corrected chi connectivity index (χ0v) is 42.4. The number of carbonyl (C=O) groups excluding carboxylic acids is 2. The molecule has 13 nitrogen and oxygen atoms in total. The maximum absolute atomic E-state index is 13.8. The molecule has 0 spiro atoms. The van der Waals surface area contributed by atoms with Crippen LogP contribution in [0.15, 0.2) is 89.8 Å². The number of ether oxygens (including phenoxy) is 3. The van der Waals surface area contributed by atoms with Crippen LogP contribution < -0.4 is 20.7 Å². The largest absolute Gasteiger partial charge is 0.497 e. The molecule has 0 heterocycles. The van der Waals surface area contributed by atoms with Gasteiger partial charge in [0.25, 0.3) is 0 Å². The monoisotopic (exact) mass is 927 g/mol. The number of amides is 2. The maximum atomic E-state index is 13.8. The first-order chi connectivity index (χ1) is 30.2. The lowest BCUT2D eigenvalue weighted by atomic mass is 9.88. The van der Waals surface area contributed by atoms with Gasteiger partial charge in [-0.05, 0) is 113 Å². The number of nitrogens with one attached hydrogen (secondary N) is 3. The minimum Gasteiger partial charge on any atom is -0.497 e. The van der Waals surface area contributed by atoms with Gasteiger partial charge in [-0.3, -0.25) is 0 Å². The first kappa shape index (κ1) is 56.9. The van der Waals surface area contributed by atoms with Crippen LogP contribution in [0.5, 0.6) is 5.75 Å². The summed E-state index contributed by atoms with van der Waals surface area (Å²) in [7, 11) is -2.44. The van der Waals surface area contributed by atoms with Gasteiger partial charge in [0.05, 0.1) is 36.3 Å². The maximum Gasteiger partial charge on any atom is 0.407 e. The van der Waals surface area contributed by atoms with Gasteiger partial charge in [-0.1, -0.05) is 115 Å². The van der Waals surface area contributed by atoms with Crippen LogP contribution in [-0.4, -0.2) is 104 Å². The summed E-state index contributed by atoms with van der Waals surface area (Å²) < 4.78 is 44.9. The van der Waals surface area contributed by atoms with Crippen LogP contribution in [0.25, 0.3) is 0 Å². The molecule has 65 heavy (non-hydrogen) atoms. The molecule has 0 fully saturated rings. The fraction of sp³-hybridized carbons (Fsp3) is 0.608. The molecule has 0 unspecified atom stereocenters. The average Bonchev–Trinajstić information content (AvgIpc) is 3.19. The van der Waals surface area contributed by atoms with Crippen molar-refractivity contribution in [2.45, 2.75) is 162 Å². The van der Waals surface area contributed by atoms with Crippen molar-refractivity contribution in [2.24, 2.45) is 10.8 Å². The highest BCUT2D eigenvalue weighted by atomic mass is 32.2. The molecule has 0 aliphatic heterocycles. The lowest BCUT2D eigenvalue weighted by Gasteiger charge is -2.35. The van der Waals surface area contributed by atoms with E-state index in [1.165, 1.54) is 23.5 Å². The highest BCUT2D eigenvalue weighted by molar-refractivity contribution is 7.89. The molecule has 0 aliphatic carbocycles. The molecule has 0 saturated heterocycles. The van der Waals surface area contributed by atoms with Gasteiger partial charge < -0.3 is 40.4 Å². The summed E-state index contributed by atoms with van der Waals surface area (Å²) in [4.78, 5) is 25.0. The Morgan fingerprint density at radius 2 is 1.08 bits per heavy atom. The first-order valence-corrected chi connectivity index (χ1v) is 24.4. The molecule has 3 aromatic rings. The van der Waals surface area contributed by atoms with Gasteiger partial charge in [0.1, 0.15) is 17.0 Å². The van der Waals surface area contributed by atoms with Crippen LogP contribution in [-0.2, 0) is 32.3 Å². The van der Waals surface area contributed by atoms with Gasteiger partial charge in [-0.15, -0.1) is 0 Å². The zero-order valence-electron chi connectivity index (χ0n) is 41.6. The molecule has 0 bridgehead atoms. The smallest absolute Gasteiger partial charge is 0.407 e. The van der Waals surface area contributed by atoms with E-state index in [1.807, 2.05) is 95.3 Å². The van der Waals surface area contributed by atoms with Crippen molar-refractivity contribution in [1.82, 2.24) is 20.3 Å². The second kappa shape index (κ2) is 26.2. The lowest BCUT2D eigenvalue weighted by Crippen LogP contribution is -2.52. The van der Waals surface area contributed by atoms with Gasteiger partial charge in [0.2, 0.25) is 10.0 Å². The molecule has 5 N–H and O–H groups in total. The van der Waals surface area contributed by atoms with E-state index in [9.17, 15) is 28.2 Å². The van der Waals surface area contributed by atoms with E-state index in [1.54, 1.807) is 32.9 Å². The van der Waals surface area contributed by atoms with E-state index in [2.05, 4.69) is 43.6 Å². The van der Waals surface area contributed by atoms with Crippen LogP contribution in [0.4, 0.5) is 9.59 Å². The number of benzene rings is 3. The van der Waals surface area contributed by atoms with E-state index in [4.69, 9.17) is 14.2 Å². The van der Waals surface area contributed by atoms with Crippen molar-refractivity contribution in [3.63, 3.8) is 0 Å². The van der Waals surface area contributed by atoms with Gasteiger partial charge in [0, 0.05) is 26.2 Å². The Balaban J connectivity index is 0.000000474. The summed E-state index contributed by atoms with van der Waals surface area (Å²) in [5, 5.41) is 31.1. The summed E-state index contributed by atoms with van der Waals surface area (Å²) >= 11 is 0. The summed E-state index contributed by atoms with van der Waals surface area (Å²) in [6, 6.07) is 24.3. The Labute approximate surface area is 391 Å². The molecule has 3 rings (SSSR count). The number of rotatable bonds is 23. The predicted octanol–water partition coefficient (Wildman–Crippen LogP) is 8.91. The SMILES string of the molecule is CCCC(C)(C)CN(C[C@@H](O)[C@H](Cc1ccccc1)NC(=O)OC(C)(C)C)S(=O)(=O)c1ccc(OC)cc1.CCCC(C)(C)CNC[C@@H](O)[C@H](Cc1ccccc1)NC(=O)OC(C)(C)C. The van der Waals surface area contributed by atoms with Crippen molar-refractivity contribution in [2.75, 3.05) is 33.3 Å². The summed E-state index contributed by atoms with van der Waals surface area (Å²) in [6.45, 7) is 24.7. The molecule has 0 radical (unpaired) electrons. The number of aliphatic hydroxyl groups is 2. The number of hydrogen-bond donors (Lipinski definition) is 5. The van der Waals surface area contributed by atoms with Gasteiger partial charge in [-0.2, -0.15) is 4.31 Å². The van der Waals surface area contributed by atoms with Gasteiger partial charge in [-0.25, -0.2) is 18.0 Å². The van der Waals surface area contributed by atoms with Crippen molar-refractivity contribution in [3.8, 4) is 5.75 Å². The number of carbonyl (C=O) groups is 2. The van der Waals surface area contributed by atoms with E-state index in [0.29, 0.717) is 25.1 Å². The first-order valence-electron chi connectivity index (χ1n) is 23.0. The molecule has 0 aromatic heterocycles. The second-order valence-corrected chi connectivity index (χ2v) is 22.4. The highest BCUT2D eigenvalue weighted by Gasteiger charge is 2.35. The van der Waals surface area contributed by atoms with E-state index < -0.39 is 57.7 Å². The number of methoxy groups -OCH3 is 1. The van der Waals surface area contributed by atoms with Crippen LogP contribution >= 0.6 is 0 Å². The number of hydrogen-bond acceptors (Lipinski definition) is 10. The Hall–Kier alpha value is -4.21. The number of sulfonamides is 1. The molecular formula is C51H82N4O9S. The number of aliphatic hydroxyl groups excluding tert-OH is 2. The Morgan fingerprint density at radius 3 is 1.49 bits per heavy atom. The topological polar surface area (TPSA) is 176 Å². The molecule has 14 heteroatoms. The van der Waals surface area contributed by atoms with Crippen molar-refractivity contribution in [1.29, 1.82) is 0 Å². The minimum absolute atomic E-state index is 0.109. The van der Waals surface area contributed by atoms with Gasteiger partial charge >= 0.3 is 12.2 Å². The predicted molar refractivity (Wildman–Crippen MR) is 261 cm³/mol. The van der Waals surface area contributed by atoms with Gasteiger partial charge in [0.15, 0.2) is 0 Å². The van der Waals surface area contributed by atoms with E-state index in [-0.39, 0.29) is 28.8 Å². The van der Waals surface area contributed by atoms with Crippen molar-refractivity contribution >= 4 is 22.2 Å². The third kappa shape index (κ3) is 22.7. The minimum atomic E-state index is -3.96. The normalized spacial score (nSPS) is 14.3. The quantitative estimate of drug-likeness (QED) is 0.0618. The summed E-state index contributed by atoms with van der Waals surface area (Å²) in [6.07, 6.45) is 1.71. The Kier molecular flexibility index (Phi) is 23.0. The second-order valence-electron chi connectivity index (χ2n) is 20.5.